The van der Waals surface area contributed by atoms with Crippen LogP contribution in [0, 0.1) is 21.4 Å². The van der Waals surface area contributed by atoms with Gasteiger partial charge in [0.05, 0.1) is 11.0 Å². The molecule has 0 aromatic heterocycles. The van der Waals surface area contributed by atoms with E-state index >= 15 is 0 Å². The van der Waals surface area contributed by atoms with Gasteiger partial charge in [0, 0.05) is 5.11 Å². The summed E-state index contributed by atoms with van der Waals surface area (Å²) in [5.74, 6) is -0.113. The van der Waals surface area contributed by atoms with Crippen LogP contribution in [0.5, 0.6) is 0 Å². The fourth-order valence-corrected chi connectivity index (χ4v) is 2.32. The Morgan fingerprint density at radius 3 is 3.07 bits per heavy atom. The molecule has 1 rings (SSSR count). The molecule has 1 aliphatic heterocycles. The van der Waals surface area contributed by atoms with Crippen molar-refractivity contribution in [3.8, 4) is 6.07 Å². The van der Waals surface area contributed by atoms with Crippen molar-refractivity contribution < 1.29 is 14.2 Å². The van der Waals surface area contributed by atoms with Crippen LogP contribution in [0.3, 0.4) is 0 Å². The van der Waals surface area contributed by atoms with Crippen molar-refractivity contribution in [3.05, 3.63) is 20.8 Å². The summed E-state index contributed by atoms with van der Waals surface area (Å²) in [5.41, 5.74) is 0. The molecule has 1 aliphatic rings. The van der Waals surface area contributed by atoms with E-state index in [0.29, 0.717) is 0 Å². The second kappa shape index (κ2) is 4.53. The number of hydrogen-bond donors (Lipinski definition) is 1. The Labute approximate surface area is 82.9 Å². The Balaban J connectivity index is 2.74. The van der Waals surface area contributed by atoms with E-state index in [2.05, 4.69) is 20.1 Å². The van der Waals surface area contributed by atoms with Gasteiger partial charge < -0.3 is 0 Å². The summed E-state index contributed by atoms with van der Waals surface area (Å²) in [6.45, 7) is 0. The van der Waals surface area contributed by atoms with Crippen LogP contribution < -0.4 is 4.72 Å². The molecule has 74 valence electrons. The zero-order valence-corrected chi connectivity index (χ0v) is 7.87. The first-order valence-electron chi connectivity index (χ1n) is 2.87. The van der Waals surface area contributed by atoms with Crippen LogP contribution in [0.15, 0.2) is 21.1 Å². The standard InChI is InChI=1S/C3HN5O4S2/c4-1-2-3(6-13-14(2)11)5-7-12-8(9)10/h6H. The molecule has 0 aromatic rings. The van der Waals surface area contributed by atoms with E-state index in [4.69, 9.17) is 5.26 Å². The molecule has 9 nitrogen and oxygen atoms in total. The lowest BCUT2D eigenvalue weighted by atomic mass is 10.6. The van der Waals surface area contributed by atoms with E-state index in [9.17, 15) is 14.3 Å². The number of nitrogens with one attached hydrogen (secondary N) is 1. The first-order chi connectivity index (χ1) is 6.65. The van der Waals surface area contributed by atoms with Crippen molar-refractivity contribution in [2.75, 3.05) is 0 Å². The highest BCUT2D eigenvalue weighted by Gasteiger charge is 2.24. The highest BCUT2D eigenvalue weighted by Crippen LogP contribution is 2.25. The summed E-state index contributed by atoms with van der Waals surface area (Å²) in [7, 11) is -0.817. The lowest BCUT2D eigenvalue weighted by Gasteiger charge is -1.86. The Kier molecular flexibility index (Phi) is 3.37. The molecule has 1 N–H and O–H groups in total. The maximum Gasteiger partial charge on any atom is 0.219 e. The molecular weight excluding hydrogens is 234 g/mol. The number of nitrogens with zero attached hydrogens (tertiary/aromatic N) is 4. The van der Waals surface area contributed by atoms with Crippen LogP contribution >= 0.6 is 11.0 Å². The lowest BCUT2D eigenvalue weighted by Crippen LogP contribution is -1.96. The van der Waals surface area contributed by atoms with Crippen LogP contribution in [0.2, 0.25) is 0 Å². The van der Waals surface area contributed by atoms with E-state index in [0.717, 1.165) is 11.0 Å². The van der Waals surface area contributed by atoms with Crippen molar-refractivity contribution in [3.63, 3.8) is 0 Å². The summed E-state index contributed by atoms with van der Waals surface area (Å²) in [5, 5.41) is 22.8. The van der Waals surface area contributed by atoms with Gasteiger partial charge in [-0.2, -0.15) is 5.26 Å². The summed E-state index contributed by atoms with van der Waals surface area (Å²) in [4.78, 5) is 13.0. The Bertz CT molecular complexity index is 383. The summed E-state index contributed by atoms with van der Waals surface area (Å²) >= 11 is 0. The molecule has 0 radical (unpaired) electrons. The zero-order chi connectivity index (χ0) is 10.6. The minimum Gasteiger partial charge on any atom is -0.298 e. The third-order valence-corrected chi connectivity index (χ3v) is 3.19. The zero-order valence-electron chi connectivity index (χ0n) is 6.24. The van der Waals surface area contributed by atoms with Crippen LogP contribution in [-0.4, -0.2) is 9.30 Å². The van der Waals surface area contributed by atoms with Crippen molar-refractivity contribution >= 4 is 20.8 Å². The lowest BCUT2D eigenvalue weighted by molar-refractivity contribution is -0.762. The van der Waals surface area contributed by atoms with E-state index in [1.54, 1.807) is 6.07 Å². The molecule has 14 heavy (non-hydrogen) atoms. The van der Waals surface area contributed by atoms with Crippen LogP contribution in [0.4, 0.5) is 0 Å². The third kappa shape index (κ3) is 2.41. The van der Waals surface area contributed by atoms with Gasteiger partial charge in [-0.1, -0.05) is 0 Å². The van der Waals surface area contributed by atoms with Crippen molar-refractivity contribution in [2.45, 2.75) is 0 Å². The average molecular weight is 235 g/mol. The number of allylic oxidation sites excluding steroid dienone is 1. The van der Waals surface area contributed by atoms with Gasteiger partial charge in [0.2, 0.25) is 11.1 Å². The number of hydrogen-bond acceptors (Lipinski definition) is 9. The van der Waals surface area contributed by atoms with Crippen molar-refractivity contribution in [1.82, 2.24) is 4.72 Å². The van der Waals surface area contributed by atoms with Gasteiger partial charge in [0.1, 0.15) is 15.9 Å². The average Bonchev–Trinajstić information content (AvgIpc) is 2.46. The first kappa shape index (κ1) is 10.4. The monoisotopic (exact) mass is 235 g/mol. The fraction of sp³-hybridized carbons (Fsp3) is 0. The van der Waals surface area contributed by atoms with Crippen molar-refractivity contribution in [2.24, 2.45) is 10.4 Å². The maximum absolute atomic E-state index is 11.0. The van der Waals surface area contributed by atoms with E-state index < -0.39 is 14.9 Å². The normalized spacial score (nSPS) is 20.6. The molecule has 0 saturated carbocycles. The first-order valence-corrected chi connectivity index (χ1v) is 5.35. The Morgan fingerprint density at radius 1 is 1.79 bits per heavy atom. The predicted octanol–water partition coefficient (Wildman–Crippen LogP) is 0.170. The molecule has 0 fully saturated rings. The van der Waals surface area contributed by atoms with Gasteiger partial charge in [-0.3, -0.25) is 4.72 Å². The van der Waals surface area contributed by atoms with Gasteiger partial charge in [-0.05, 0) is 0 Å². The summed E-state index contributed by atoms with van der Waals surface area (Å²) in [6.07, 6.45) is 0. The minimum absolute atomic E-state index is 0.113. The van der Waals surface area contributed by atoms with E-state index in [1.165, 1.54) is 0 Å². The summed E-state index contributed by atoms with van der Waals surface area (Å²) < 4.78 is 13.4. The van der Waals surface area contributed by atoms with Crippen LogP contribution in [0.1, 0.15) is 0 Å². The van der Waals surface area contributed by atoms with Gasteiger partial charge in [0.25, 0.3) is 0 Å². The van der Waals surface area contributed by atoms with Crippen LogP contribution in [-0.2, 0) is 14.8 Å². The van der Waals surface area contributed by atoms with E-state index in [-0.39, 0.29) is 10.7 Å². The minimum atomic E-state index is -1.56. The second-order valence-electron chi connectivity index (χ2n) is 1.70. The molecule has 0 saturated heterocycles. The van der Waals surface area contributed by atoms with Gasteiger partial charge >= 0.3 is 0 Å². The van der Waals surface area contributed by atoms with Gasteiger partial charge in [-0.15, -0.1) is 4.94 Å². The van der Waals surface area contributed by atoms with Gasteiger partial charge in [0.15, 0.2) is 9.99 Å². The molecule has 0 amide bonds. The quantitative estimate of drug-likeness (QED) is 0.242. The highest BCUT2D eigenvalue weighted by molar-refractivity contribution is 8.70. The Hall–Kier alpha value is -1.67. The number of nitriles is 1. The SMILES string of the molecule is N#CC1=C(N=NO[N+](=O)[O-])NSS1=O. The highest BCUT2D eigenvalue weighted by atomic mass is 33.1. The van der Waals surface area contributed by atoms with E-state index in [1.807, 2.05) is 0 Å². The van der Waals surface area contributed by atoms with Gasteiger partial charge in [-0.25, -0.2) is 14.3 Å². The molecular formula is C3HN5O4S2. The molecule has 0 aromatic carbocycles. The predicted molar refractivity (Wildman–Crippen MR) is 44.4 cm³/mol. The number of rotatable bonds is 3. The molecule has 0 aliphatic carbocycles. The molecule has 0 bridgehead atoms. The largest absolute Gasteiger partial charge is 0.298 e. The molecule has 1 heterocycles. The smallest absolute Gasteiger partial charge is 0.219 e. The maximum atomic E-state index is 11.0. The van der Waals surface area contributed by atoms with Crippen molar-refractivity contribution in [1.29, 1.82) is 5.26 Å². The van der Waals surface area contributed by atoms with Crippen LogP contribution in [0.25, 0.3) is 0 Å². The third-order valence-electron chi connectivity index (χ3n) is 0.941. The molecule has 0 spiro atoms. The molecule has 1 atom stereocenters. The molecule has 11 heteroatoms. The summed E-state index contributed by atoms with van der Waals surface area (Å²) in [6, 6.07) is 1.62. The fourth-order valence-electron chi connectivity index (χ4n) is 0.489. The Morgan fingerprint density at radius 2 is 2.50 bits per heavy atom. The second-order valence-corrected chi connectivity index (χ2v) is 4.35. The topological polar surface area (TPSA) is 130 Å². The molecule has 1 unspecified atom stereocenters.